The van der Waals surface area contributed by atoms with Crippen molar-refractivity contribution in [2.24, 2.45) is 0 Å². The molecule has 0 saturated heterocycles. The molecule has 1 nitrogen and oxygen atoms in total. The molecule has 0 fully saturated rings. The summed E-state index contributed by atoms with van der Waals surface area (Å²) in [4.78, 5) is 0. The molecule has 0 spiro atoms. The molecule has 1 N–H and O–H groups in total. The first-order valence-electron chi connectivity index (χ1n) is 6.40. The summed E-state index contributed by atoms with van der Waals surface area (Å²) in [7, 11) is 0. The van der Waals surface area contributed by atoms with Gasteiger partial charge in [0.05, 0.1) is 10.3 Å². The molecule has 0 saturated carbocycles. The lowest BCUT2D eigenvalue weighted by atomic mass is 10.0. The fraction of sp³-hybridized carbons (Fsp3) is 0.333. The molecule has 100 valence electrons. The van der Waals surface area contributed by atoms with E-state index in [0.29, 0.717) is 11.3 Å². The molecular weight excluding hydrogens is 385 g/mol. The van der Waals surface area contributed by atoms with Crippen LogP contribution in [0.4, 0.5) is 5.69 Å². The third-order valence-electron chi connectivity index (χ3n) is 3.43. The van der Waals surface area contributed by atoms with Crippen LogP contribution in [0.25, 0.3) is 0 Å². The third kappa shape index (κ3) is 2.95. The van der Waals surface area contributed by atoms with E-state index in [4.69, 9.17) is 0 Å². The molecule has 1 aromatic carbocycles. The van der Waals surface area contributed by atoms with Crippen molar-refractivity contribution in [1.29, 1.82) is 0 Å². The second kappa shape index (κ2) is 5.66. The monoisotopic (exact) mass is 401 g/mol. The lowest BCUT2D eigenvalue weighted by Crippen LogP contribution is -2.19. The first kappa shape index (κ1) is 13.8. The number of aryl methyl sites for hydroxylation is 1. The summed E-state index contributed by atoms with van der Waals surface area (Å²) in [6, 6.07) is 9.34. The van der Waals surface area contributed by atoms with Gasteiger partial charge in [-0.05, 0) is 76.7 Å². The van der Waals surface area contributed by atoms with Crippen molar-refractivity contribution in [3.05, 3.63) is 44.3 Å². The van der Waals surface area contributed by atoms with Crippen molar-refractivity contribution in [2.45, 2.75) is 35.8 Å². The van der Waals surface area contributed by atoms with Crippen molar-refractivity contribution in [3.63, 3.8) is 0 Å². The van der Waals surface area contributed by atoms with Crippen molar-refractivity contribution >= 4 is 51.4 Å². The van der Waals surface area contributed by atoms with Gasteiger partial charge in [-0.2, -0.15) is 0 Å². The maximum Gasteiger partial charge on any atom is 0.0653 e. The Kier molecular flexibility index (Phi) is 4.10. The van der Waals surface area contributed by atoms with Gasteiger partial charge in [0.25, 0.3) is 0 Å². The Labute approximate surface area is 136 Å². The standard InChI is InChI=1S/C15H16INS2/c1-9-7-11(16)3-4-13(9)17-14-8-10(2)19-15-12(14)5-6-18-15/h3-7,10,14,17H,8H2,1-2H3/t10-,14?/m0/s1. The van der Waals surface area contributed by atoms with E-state index in [1.807, 2.05) is 23.1 Å². The summed E-state index contributed by atoms with van der Waals surface area (Å²) in [6.07, 6.45) is 1.19. The molecule has 3 rings (SSSR count). The van der Waals surface area contributed by atoms with E-state index in [1.165, 1.54) is 31.0 Å². The maximum atomic E-state index is 3.74. The highest BCUT2D eigenvalue weighted by molar-refractivity contribution is 14.1. The van der Waals surface area contributed by atoms with Crippen LogP contribution in [0.2, 0.25) is 0 Å². The van der Waals surface area contributed by atoms with Gasteiger partial charge in [-0.25, -0.2) is 0 Å². The number of nitrogens with one attached hydrogen (secondary N) is 1. The van der Waals surface area contributed by atoms with E-state index in [2.05, 4.69) is 71.4 Å². The molecule has 0 amide bonds. The zero-order valence-corrected chi connectivity index (χ0v) is 14.7. The molecule has 1 aliphatic rings. The quantitative estimate of drug-likeness (QED) is 0.648. The first-order valence-corrected chi connectivity index (χ1v) is 9.24. The zero-order chi connectivity index (χ0) is 13.4. The number of thioether (sulfide) groups is 1. The van der Waals surface area contributed by atoms with E-state index in [0.717, 1.165) is 0 Å². The number of benzene rings is 1. The van der Waals surface area contributed by atoms with Gasteiger partial charge in [-0.15, -0.1) is 23.1 Å². The largest absolute Gasteiger partial charge is 0.378 e. The molecule has 0 aliphatic carbocycles. The first-order chi connectivity index (χ1) is 9.13. The van der Waals surface area contributed by atoms with Crippen LogP contribution in [0.3, 0.4) is 0 Å². The minimum absolute atomic E-state index is 0.455. The molecule has 1 aromatic heterocycles. The number of halogens is 1. The molecule has 4 heteroatoms. The van der Waals surface area contributed by atoms with Gasteiger partial charge in [0.2, 0.25) is 0 Å². The number of thiophene rings is 1. The predicted molar refractivity (Wildman–Crippen MR) is 94.5 cm³/mol. The van der Waals surface area contributed by atoms with Gasteiger partial charge >= 0.3 is 0 Å². The molecule has 2 heterocycles. The average molecular weight is 401 g/mol. The lowest BCUT2D eigenvalue weighted by molar-refractivity contribution is 0.669. The SMILES string of the molecule is Cc1cc(I)ccc1NC1C[C@H](C)Sc2sccc21. The summed E-state index contributed by atoms with van der Waals surface area (Å²) in [6.45, 7) is 4.50. The average Bonchev–Trinajstić information content (AvgIpc) is 2.80. The van der Waals surface area contributed by atoms with Crippen molar-refractivity contribution < 1.29 is 0 Å². The van der Waals surface area contributed by atoms with E-state index >= 15 is 0 Å². The van der Waals surface area contributed by atoms with Crippen LogP contribution in [0.5, 0.6) is 0 Å². The highest BCUT2D eigenvalue weighted by Crippen LogP contribution is 2.45. The second-order valence-electron chi connectivity index (χ2n) is 4.98. The van der Waals surface area contributed by atoms with Crippen LogP contribution in [0.15, 0.2) is 33.9 Å². The normalized spacial score (nSPS) is 22.1. The van der Waals surface area contributed by atoms with Crippen LogP contribution in [0.1, 0.15) is 30.5 Å². The molecule has 1 unspecified atom stereocenters. The zero-order valence-electron chi connectivity index (χ0n) is 10.9. The Morgan fingerprint density at radius 3 is 2.95 bits per heavy atom. The summed E-state index contributed by atoms with van der Waals surface area (Å²) in [5, 5.41) is 6.64. The van der Waals surface area contributed by atoms with Gasteiger partial charge in [0.1, 0.15) is 0 Å². The lowest BCUT2D eigenvalue weighted by Gasteiger charge is -2.29. The highest BCUT2D eigenvalue weighted by Gasteiger charge is 2.26. The predicted octanol–water partition coefficient (Wildman–Crippen LogP) is 5.70. The Balaban J connectivity index is 1.88. The fourth-order valence-corrected chi connectivity index (χ4v) is 5.68. The summed E-state index contributed by atoms with van der Waals surface area (Å²) < 4.78 is 2.78. The van der Waals surface area contributed by atoms with Crippen LogP contribution in [-0.2, 0) is 0 Å². The smallest absolute Gasteiger partial charge is 0.0653 e. The highest BCUT2D eigenvalue weighted by atomic mass is 127. The minimum atomic E-state index is 0.455. The van der Waals surface area contributed by atoms with Crippen LogP contribution < -0.4 is 5.32 Å². The molecule has 0 radical (unpaired) electrons. The maximum absolute atomic E-state index is 3.74. The Morgan fingerprint density at radius 2 is 2.16 bits per heavy atom. The van der Waals surface area contributed by atoms with E-state index in [9.17, 15) is 0 Å². The summed E-state index contributed by atoms with van der Waals surface area (Å²) in [5.74, 6) is 0. The molecule has 19 heavy (non-hydrogen) atoms. The van der Waals surface area contributed by atoms with E-state index in [-0.39, 0.29) is 0 Å². The molecule has 0 bridgehead atoms. The summed E-state index contributed by atoms with van der Waals surface area (Å²) >= 11 is 6.25. The number of hydrogen-bond acceptors (Lipinski definition) is 3. The fourth-order valence-electron chi connectivity index (χ4n) is 2.46. The topological polar surface area (TPSA) is 12.0 Å². The van der Waals surface area contributed by atoms with Gasteiger partial charge in [-0.1, -0.05) is 6.92 Å². The van der Waals surface area contributed by atoms with Crippen molar-refractivity contribution in [2.75, 3.05) is 5.32 Å². The van der Waals surface area contributed by atoms with Gasteiger partial charge < -0.3 is 5.32 Å². The Hall–Kier alpha value is -0.200. The van der Waals surface area contributed by atoms with Crippen LogP contribution in [0, 0.1) is 10.5 Å². The van der Waals surface area contributed by atoms with Gasteiger partial charge in [0, 0.05) is 14.5 Å². The summed E-state index contributed by atoms with van der Waals surface area (Å²) in [5.41, 5.74) is 4.07. The number of hydrogen-bond donors (Lipinski definition) is 1. The minimum Gasteiger partial charge on any atom is -0.378 e. The molecule has 1 aliphatic heterocycles. The second-order valence-corrected chi connectivity index (χ2v) is 8.85. The van der Waals surface area contributed by atoms with Crippen LogP contribution >= 0.6 is 45.7 Å². The number of anilines is 1. The van der Waals surface area contributed by atoms with Crippen molar-refractivity contribution in [3.8, 4) is 0 Å². The van der Waals surface area contributed by atoms with E-state index < -0.39 is 0 Å². The Bertz CT molecular complexity index is 594. The number of rotatable bonds is 2. The molecular formula is C15H16INS2. The van der Waals surface area contributed by atoms with Gasteiger partial charge in [-0.3, -0.25) is 0 Å². The Morgan fingerprint density at radius 1 is 1.32 bits per heavy atom. The van der Waals surface area contributed by atoms with Crippen LogP contribution in [-0.4, -0.2) is 5.25 Å². The molecule has 2 aromatic rings. The number of fused-ring (bicyclic) bond motifs is 1. The third-order valence-corrected chi connectivity index (χ3v) is 6.44. The molecule has 2 atom stereocenters. The van der Waals surface area contributed by atoms with Crippen molar-refractivity contribution in [1.82, 2.24) is 0 Å². The van der Waals surface area contributed by atoms with Gasteiger partial charge in [0.15, 0.2) is 0 Å². The van der Waals surface area contributed by atoms with E-state index in [1.54, 1.807) is 0 Å².